The predicted octanol–water partition coefficient (Wildman–Crippen LogP) is 1.73. The van der Waals surface area contributed by atoms with E-state index in [0.717, 1.165) is 24.4 Å². The van der Waals surface area contributed by atoms with Gasteiger partial charge in [0.1, 0.15) is 5.75 Å². The van der Waals surface area contributed by atoms with Gasteiger partial charge in [-0.15, -0.1) is 0 Å². The third kappa shape index (κ3) is 2.59. The molecule has 102 valence electrons. The topological polar surface area (TPSA) is 41.6 Å². The number of carbonyl (C=O) groups excluding carboxylic acids is 1. The lowest BCUT2D eigenvalue weighted by atomic mass is 9.97. The molecule has 1 aromatic carbocycles. The van der Waals surface area contributed by atoms with Crippen molar-refractivity contribution in [1.82, 2.24) is 5.32 Å². The normalized spacial score (nSPS) is 22.9. The molecule has 0 aromatic heterocycles. The van der Waals surface area contributed by atoms with Gasteiger partial charge in [-0.25, -0.2) is 0 Å². The quantitative estimate of drug-likeness (QED) is 0.880. The molecule has 1 saturated heterocycles. The van der Waals surface area contributed by atoms with Crippen LogP contribution in [0.5, 0.6) is 5.75 Å². The van der Waals surface area contributed by atoms with Crippen LogP contribution >= 0.6 is 0 Å². The highest BCUT2D eigenvalue weighted by Crippen LogP contribution is 2.32. The Balaban J connectivity index is 1.78. The number of ether oxygens (including phenoxy) is 1. The van der Waals surface area contributed by atoms with Crippen molar-refractivity contribution in [1.29, 1.82) is 0 Å². The lowest BCUT2D eigenvalue weighted by Crippen LogP contribution is -2.36. The van der Waals surface area contributed by atoms with E-state index in [1.165, 1.54) is 24.8 Å². The van der Waals surface area contributed by atoms with Crippen molar-refractivity contribution in [3.05, 3.63) is 23.8 Å². The predicted molar refractivity (Wildman–Crippen MR) is 74.7 cm³/mol. The Hall–Kier alpha value is -1.55. The summed E-state index contributed by atoms with van der Waals surface area (Å²) in [6, 6.07) is 6.75. The third-order valence-corrected chi connectivity index (χ3v) is 4.00. The molecule has 1 unspecified atom stereocenters. The Morgan fingerprint density at radius 2 is 2.32 bits per heavy atom. The SMILES string of the molecule is CN1C(=O)COc2ccc(CC3CCCCN3)cc21. The number of benzene rings is 1. The average Bonchev–Trinajstić information content (AvgIpc) is 2.45. The molecule has 1 aromatic rings. The minimum atomic E-state index is 0.0143. The molecule has 0 saturated carbocycles. The number of piperidine rings is 1. The molecule has 2 aliphatic heterocycles. The number of carbonyl (C=O) groups is 1. The smallest absolute Gasteiger partial charge is 0.264 e. The van der Waals surface area contributed by atoms with Crippen LogP contribution in [0.25, 0.3) is 0 Å². The number of fused-ring (bicyclic) bond motifs is 1. The molecule has 0 radical (unpaired) electrons. The van der Waals surface area contributed by atoms with Gasteiger partial charge in [-0.05, 0) is 43.5 Å². The van der Waals surface area contributed by atoms with E-state index in [-0.39, 0.29) is 12.5 Å². The van der Waals surface area contributed by atoms with Crippen LogP contribution in [0, 0.1) is 0 Å². The fourth-order valence-electron chi connectivity index (χ4n) is 2.83. The molecule has 1 amide bonds. The summed E-state index contributed by atoms with van der Waals surface area (Å²) in [6.45, 7) is 1.27. The number of amides is 1. The van der Waals surface area contributed by atoms with E-state index < -0.39 is 0 Å². The van der Waals surface area contributed by atoms with Crippen LogP contribution < -0.4 is 15.0 Å². The van der Waals surface area contributed by atoms with E-state index in [9.17, 15) is 4.79 Å². The first kappa shape index (κ1) is 12.5. The standard InChI is InChI=1S/C15H20N2O2/c1-17-13-9-11(8-12-4-2-3-7-16-12)5-6-14(13)19-10-15(17)18/h5-6,9,12,16H,2-4,7-8,10H2,1H3. The van der Waals surface area contributed by atoms with Crippen LogP contribution in [0.15, 0.2) is 18.2 Å². The maximum absolute atomic E-state index is 11.6. The summed E-state index contributed by atoms with van der Waals surface area (Å²) in [6.07, 6.45) is 4.85. The second-order valence-corrected chi connectivity index (χ2v) is 5.39. The van der Waals surface area contributed by atoms with Gasteiger partial charge in [-0.3, -0.25) is 4.79 Å². The van der Waals surface area contributed by atoms with Crippen molar-refractivity contribution >= 4 is 11.6 Å². The zero-order valence-electron chi connectivity index (χ0n) is 11.3. The monoisotopic (exact) mass is 260 g/mol. The minimum Gasteiger partial charge on any atom is -0.482 e. The minimum absolute atomic E-state index is 0.0143. The summed E-state index contributed by atoms with van der Waals surface area (Å²) in [5.74, 6) is 0.822. The number of anilines is 1. The third-order valence-electron chi connectivity index (χ3n) is 4.00. The van der Waals surface area contributed by atoms with Crippen LogP contribution in [0.4, 0.5) is 5.69 Å². The summed E-state index contributed by atoms with van der Waals surface area (Å²) >= 11 is 0. The van der Waals surface area contributed by atoms with Crippen molar-refractivity contribution < 1.29 is 9.53 Å². The van der Waals surface area contributed by atoms with Gasteiger partial charge >= 0.3 is 0 Å². The number of hydrogen-bond acceptors (Lipinski definition) is 3. The lowest BCUT2D eigenvalue weighted by molar-refractivity contribution is -0.120. The fraction of sp³-hybridized carbons (Fsp3) is 0.533. The van der Waals surface area contributed by atoms with Crippen LogP contribution in [-0.4, -0.2) is 32.1 Å². The first-order chi connectivity index (χ1) is 9.24. The van der Waals surface area contributed by atoms with Gasteiger partial charge in [-0.1, -0.05) is 12.5 Å². The van der Waals surface area contributed by atoms with Crippen molar-refractivity contribution in [2.24, 2.45) is 0 Å². The van der Waals surface area contributed by atoms with Gasteiger partial charge < -0.3 is 15.0 Å². The molecule has 19 heavy (non-hydrogen) atoms. The first-order valence-corrected chi connectivity index (χ1v) is 7.00. The Bertz CT molecular complexity index is 481. The Morgan fingerprint density at radius 3 is 3.11 bits per heavy atom. The van der Waals surface area contributed by atoms with E-state index in [4.69, 9.17) is 4.74 Å². The van der Waals surface area contributed by atoms with E-state index in [1.54, 1.807) is 4.90 Å². The number of hydrogen-bond donors (Lipinski definition) is 1. The molecule has 4 heteroatoms. The Kier molecular flexibility index (Phi) is 3.42. The zero-order valence-corrected chi connectivity index (χ0v) is 11.3. The van der Waals surface area contributed by atoms with Gasteiger partial charge in [0, 0.05) is 13.1 Å². The number of rotatable bonds is 2. The van der Waals surface area contributed by atoms with Crippen molar-refractivity contribution in [3.63, 3.8) is 0 Å². The summed E-state index contributed by atoms with van der Waals surface area (Å²) in [4.78, 5) is 13.3. The van der Waals surface area contributed by atoms with Crippen molar-refractivity contribution in [2.75, 3.05) is 25.1 Å². The van der Waals surface area contributed by atoms with Gasteiger partial charge in [0.2, 0.25) is 0 Å². The second kappa shape index (κ2) is 5.21. The van der Waals surface area contributed by atoms with Gasteiger partial charge in [0.15, 0.2) is 6.61 Å². The largest absolute Gasteiger partial charge is 0.482 e. The number of likely N-dealkylation sites (N-methyl/N-ethyl adjacent to an activating group) is 1. The average molecular weight is 260 g/mol. The summed E-state index contributed by atoms with van der Waals surface area (Å²) in [5, 5.41) is 3.56. The lowest BCUT2D eigenvalue weighted by Gasteiger charge is -2.27. The molecule has 1 N–H and O–H groups in total. The fourth-order valence-corrected chi connectivity index (χ4v) is 2.83. The van der Waals surface area contributed by atoms with Crippen LogP contribution in [0.3, 0.4) is 0 Å². The van der Waals surface area contributed by atoms with E-state index >= 15 is 0 Å². The highest BCUT2D eigenvalue weighted by Gasteiger charge is 2.23. The maximum Gasteiger partial charge on any atom is 0.264 e. The summed E-state index contributed by atoms with van der Waals surface area (Å²) in [7, 11) is 1.81. The number of nitrogens with zero attached hydrogens (tertiary/aromatic N) is 1. The molecule has 0 bridgehead atoms. The molecule has 2 aliphatic rings. The maximum atomic E-state index is 11.6. The van der Waals surface area contributed by atoms with E-state index in [2.05, 4.69) is 17.4 Å². The zero-order chi connectivity index (χ0) is 13.2. The summed E-state index contributed by atoms with van der Waals surface area (Å²) < 4.78 is 5.44. The van der Waals surface area contributed by atoms with Crippen LogP contribution in [0.1, 0.15) is 24.8 Å². The molecular weight excluding hydrogens is 240 g/mol. The molecule has 1 atom stereocenters. The van der Waals surface area contributed by atoms with Gasteiger partial charge in [-0.2, -0.15) is 0 Å². The van der Waals surface area contributed by atoms with Crippen LogP contribution in [-0.2, 0) is 11.2 Å². The first-order valence-electron chi connectivity index (χ1n) is 7.00. The molecule has 4 nitrogen and oxygen atoms in total. The van der Waals surface area contributed by atoms with Crippen molar-refractivity contribution in [2.45, 2.75) is 31.7 Å². The van der Waals surface area contributed by atoms with Gasteiger partial charge in [0.25, 0.3) is 5.91 Å². The molecule has 0 aliphatic carbocycles. The highest BCUT2D eigenvalue weighted by molar-refractivity contribution is 5.97. The Morgan fingerprint density at radius 1 is 1.42 bits per heavy atom. The molecule has 0 spiro atoms. The van der Waals surface area contributed by atoms with E-state index in [1.807, 2.05) is 13.1 Å². The van der Waals surface area contributed by atoms with E-state index in [0.29, 0.717) is 6.04 Å². The molecular formula is C15H20N2O2. The van der Waals surface area contributed by atoms with Crippen LogP contribution in [0.2, 0.25) is 0 Å². The van der Waals surface area contributed by atoms with Gasteiger partial charge in [0.05, 0.1) is 5.69 Å². The highest BCUT2D eigenvalue weighted by atomic mass is 16.5. The summed E-state index contributed by atoms with van der Waals surface area (Å²) in [5.41, 5.74) is 2.16. The second-order valence-electron chi connectivity index (χ2n) is 5.39. The molecule has 1 fully saturated rings. The molecule has 3 rings (SSSR count). The molecule has 2 heterocycles. The number of nitrogens with one attached hydrogen (secondary N) is 1. The Labute approximate surface area is 113 Å². The van der Waals surface area contributed by atoms with Crippen molar-refractivity contribution in [3.8, 4) is 5.75 Å².